The molecule has 1 saturated carbocycles. The van der Waals surface area contributed by atoms with Crippen molar-refractivity contribution in [1.82, 2.24) is 6.15 Å². The Labute approximate surface area is 52.1 Å². The van der Waals surface area contributed by atoms with E-state index in [1.165, 1.54) is 32.1 Å². The van der Waals surface area contributed by atoms with E-state index in [9.17, 15) is 0 Å². The molecule has 3 radical (unpaired) electrons. The van der Waals surface area contributed by atoms with E-state index in [4.69, 9.17) is 0 Å². The Balaban J connectivity index is 0.000000490. The Hall–Kier alpha value is -0.0400. The fourth-order valence-corrected chi connectivity index (χ4v) is 1.31. The van der Waals surface area contributed by atoms with Gasteiger partial charge >= 0.3 is 0 Å². The standard InChI is InChI=1S/C7H14.N/c1-7-5-3-2-4-6-7;/h7H,2-6H2,1H3;. The van der Waals surface area contributed by atoms with Crippen molar-refractivity contribution in [2.75, 3.05) is 0 Å². The van der Waals surface area contributed by atoms with Crippen LogP contribution >= 0.6 is 0 Å². The van der Waals surface area contributed by atoms with Crippen LogP contribution in [0.1, 0.15) is 39.0 Å². The molecular formula is C7H14N. The Morgan fingerprint density at radius 2 is 1.50 bits per heavy atom. The van der Waals surface area contributed by atoms with Crippen LogP contribution in [-0.2, 0) is 0 Å². The molecule has 47 valence electrons. The van der Waals surface area contributed by atoms with E-state index in [0.29, 0.717) is 0 Å². The number of hydrogen-bond donors (Lipinski definition) is 0. The molecule has 0 amide bonds. The normalized spacial score (nSPS) is 22.1. The van der Waals surface area contributed by atoms with Gasteiger partial charge in [0.1, 0.15) is 0 Å². The minimum Gasteiger partial charge on any atom is -0.0625 e. The first-order chi connectivity index (χ1) is 3.39. The van der Waals surface area contributed by atoms with Crippen LogP contribution in [-0.4, -0.2) is 0 Å². The van der Waals surface area contributed by atoms with Gasteiger partial charge < -0.3 is 0 Å². The minimum absolute atomic E-state index is 0. The fourth-order valence-electron chi connectivity index (χ4n) is 1.31. The van der Waals surface area contributed by atoms with Gasteiger partial charge in [-0.2, -0.15) is 0 Å². The summed E-state index contributed by atoms with van der Waals surface area (Å²) >= 11 is 0. The van der Waals surface area contributed by atoms with Crippen molar-refractivity contribution in [1.29, 1.82) is 0 Å². The van der Waals surface area contributed by atoms with Gasteiger partial charge in [-0.05, 0) is 5.92 Å². The third-order valence-corrected chi connectivity index (χ3v) is 1.89. The number of rotatable bonds is 0. The Morgan fingerprint density at radius 3 is 1.75 bits per heavy atom. The van der Waals surface area contributed by atoms with Crippen molar-refractivity contribution in [3.63, 3.8) is 0 Å². The smallest absolute Gasteiger partial charge is 0 e. The lowest BCUT2D eigenvalue weighted by molar-refractivity contribution is 0.385. The lowest BCUT2D eigenvalue weighted by atomic mass is 9.91. The lowest BCUT2D eigenvalue weighted by Gasteiger charge is -2.15. The Kier molecular flexibility index (Phi) is 3.88. The highest BCUT2D eigenvalue weighted by Crippen LogP contribution is 2.21. The van der Waals surface area contributed by atoms with Crippen molar-refractivity contribution in [2.24, 2.45) is 5.92 Å². The molecule has 1 aliphatic carbocycles. The van der Waals surface area contributed by atoms with E-state index in [0.717, 1.165) is 5.92 Å². The Morgan fingerprint density at radius 1 is 1.00 bits per heavy atom. The van der Waals surface area contributed by atoms with Crippen LogP contribution in [0.2, 0.25) is 0 Å². The molecule has 1 nitrogen and oxygen atoms in total. The SMILES string of the molecule is CC1CCCCC1.[N]. The van der Waals surface area contributed by atoms with Gasteiger partial charge in [-0.3, -0.25) is 0 Å². The third kappa shape index (κ3) is 2.31. The summed E-state index contributed by atoms with van der Waals surface area (Å²) in [6, 6.07) is 0. The molecule has 1 rings (SSSR count). The first-order valence-electron chi connectivity index (χ1n) is 3.39. The quantitative estimate of drug-likeness (QED) is 0.459. The van der Waals surface area contributed by atoms with E-state index < -0.39 is 0 Å². The first kappa shape index (κ1) is 7.96. The average Bonchev–Trinajstić information content (AvgIpc) is 1.69. The first-order valence-corrected chi connectivity index (χ1v) is 3.39. The van der Waals surface area contributed by atoms with Gasteiger partial charge in [0, 0.05) is 6.15 Å². The molecular weight excluding hydrogens is 98.1 g/mol. The van der Waals surface area contributed by atoms with Gasteiger partial charge in [0.05, 0.1) is 0 Å². The summed E-state index contributed by atoms with van der Waals surface area (Å²) in [6.07, 6.45) is 7.44. The zero-order valence-electron chi connectivity index (χ0n) is 5.56. The predicted octanol–water partition coefficient (Wildman–Crippen LogP) is 2.11. The highest BCUT2D eigenvalue weighted by atomic mass is 14.1. The zero-order chi connectivity index (χ0) is 5.11. The van der Waals surface area contributed by atoms with E-state index in [1.54, 1.807) is 0 Å². The molecule has 0 N–H and O–H groups in total. The lowest BCUT2D eigenvalue weighted by Crippen LogP contribution is -1.99. The third-order valence-electron chi connectivity index (χ3n) is 1.89. The van der Waals surface area contributed by atoms with Crippen LogP contribution in [0.25, 0.3) is 0 Å². The van der Waals surface area contributed by atoms with E-state index in [2.05, 4.69) is 6.92 Å². The summed E-state index contributed by atoms with van der Waals surface area (Å²) in [5, 5.41) is 0. The van der Waals surface area contributed by atoms with Crippen LogP contribution in [0, 0.1) is 5.92 Å². The van der Waals surface area contributed by atoms with Crippen molar-refractivity contribution >= 4 is 0 Å². The van der Waals surface area contributed by atoms with Crippen LogP contribution in [0.3, 0.4) is 0 Å². The number of hydrogen-bond acceptors (Lipinski definition) is 0. The molecule has 0 saturated heterocycles. The summed E-state index contributed by atoms with van der Waals surface area (Å²) in [4.78, 5) is 0. The van der Waals surface area contributed by atoms with Gasteiger partial charge in [0.25, 0.3) is 0 Å². The maximum atomic E-state index is 2.36. The van der Waals surface area contributed by atoms with Crippen molar-refractivity contribution in [2.45, 2.75) is 39.0 Å². The molecule has 1 fully saturated rings. The maximum Gasteiger partial charge on any atom is 0 e. The molecule has 0 atom stereocenters. The van der Waals surface area contributed by atoms with E-state index in [-0.39, 0.29) is 6.15 Å². The molecule has 0 spiro atoms. The minimum atomic E-state index is 0. The average molecular weight is 112 g/mol. The summed E-state index contributed by atoms with van der Waals surface area (Å²) < 4.78 is 0. The van der Waals surface area contributed by atoms with Crippen LogP contribution < -0.4 is 6.15 Å². The van der Waals surface area contributed by atoms with Gasteiger partial charge in [-0.1, -0.05) is 39.0 Å². The second-order valence-electron chi connectivity index (χ2n) is 2.74. The molecule has 1 heteroatoms. The van der Waals surface area contributed by atoms with Crippen LogP contribution in [0.15, 0.2) is 0 Å². The zero-order valence-corrected chi connectivity index (χ0v) is 5.56. The second kappa shape index (κ2) is 3.90. The maximum absolute atomic E-state index is 2.36. The highest BCUT2D eigenvalue weighted by molar-refractivity contribution is 4.59. The summed E-state index contributed by atoms with van der Waals surface area (Å²) in [7, 11) is 0. The van der Waals surface area contributed by atoms with Gasteiger partial charge in [0.15, 0.2) is 0 Å². The molecule has 0 aromatic heterocycles. The molecule has 0 aromatic rings. The van der Waals surface area contributed by atoms with Gasteiger partial charge in [-0.15, -0.1) is 0 Å². The van der Waals surface area contributed by atoms with Gasteiger partial charge in [-0.25, -0.2) is 0 Å². The van der Waals surface area contributed by atoms with Crippen molar-refractivity contribution < 1.29 is 0 Å². The van der Waals surface area contributed by atoms with E-state index in [1.807, 2.05) is 0 Å². The van der Waals surface area contributed by atoms with Crippen LogP contribution in [0.5, 0.6) is 0 Å². The van der Waals surface area contributed by atoms with Crippen molar-refractivity contribution in [3.05, 3.63) is 0 Å². The summed E-state index contributed by atoms with van der Waals surface area (Å²) in [6.45, 7) is 2.36. The second-order valence-corrected chi connectivity index (χ2v) is 2.74. The molecule has 0 heterocycles. The van der Waals surface area contributed by atoms with Crippen molar-refractivity contribution in [3.8, 4) is 0 Å². The molecule has 0 aromatic carbocycles. The number of nitrogens with zero attached hydrogens (tertiary/aromatic N) is 1. The predicted molar refractivity (Wildman–Crippen MR) is 34.4 cm³/mol. The fraction of sp³-hybridized carbons (Fsp3) is 1.00. The summed E-state index contributed by atoms with van der Waals surface area (Å²) in [5.74, 6) is 1.04. The molecule has 0 bridgehead atoms. The molecule has 1 aliphatic rings. The van der Waals surface area contributed by atoms with E-state index >= 15 is 0 Å². The highest BCUT2D eigenvalue weighted by Gasteiger charge is 2.05. The van der Waals surface area contributed by atoms with Gasteiger partial charge in [0.2, 0.25) is 0 Å². The largest absolute Gasteiger partial charge is 0.0625 e. The van der Waals surface area contributed by atoms with Crippen LogP contribution in [0.4, 0.5) is 0 Å². The topological polar surface area (TPSA) is 30.5 Å². The summed E-state index contributed by atoms with van der Waals surface area (Å²) in [5.41, 5.74) is 0. The molecule has 0 aliphatic heterocycles. The molecule has 0 unspecified atom stereocenters. The molecule has 8 heavy (non-hydrogen) atoms. The monoisotopic (exact) mass is 112 g/mol. The Bertz CT molecular complexity index is 46.3.